The topological polar surface area (TPSA) is 89.9 Å². The van der Waals surface area contributed by atoms with Gasteiger partial charge in [0.05, 0.1) is 6.61 Å². The Morgan fingerprint density at radius 3 is 2.38 bits per heavy atom. The number of nitrogens with zero attached hydrogens (tertiary/aromatic N) is 1. The van der Waals surface area contributed by atoms with Gasteiger partial charge >= 0.3 is 12.0 Å². The van der Waals surface area contributed by atoms with Crippen LogP contribution in [0.2, 0.25) is 0 Å². The molecule has 16 heavy (non-hydrogen) atoms. The van der Waals surface area contributed by atoms with Gasteiger partial charge in [-0.05, 0) is 13.8 Å². The van der Waals surface area contributed by atoms with E-state index in [1.165, 1.54) is 4.90 Å². The average Bonchev–Trinajstić information content (AvgIpc) is 2.21. The van der Waals surface area contributed by atoms with E-state index in [-0.39, 0.29) is 6.04 Å². The lowest BCUT2D eigenvalue weighted by molar-refractivity contribution is -0.140. The van der Waals surface area contributed by atoms with E-state index in [4.69, 9.17) is 10.2 Å². The molecule has 0 aromatic rings. The van der Waals surface area contributed by atoms with Crippen LogP contribution in [0.1, 0.15) is 13.8 Å². The van der Waals surface area contributed by atoms with Gasteiger partial charge in [0.1, 0.15) is 0 Å². The van der Waals surface area contributed by atoms with E-state index < -0.39 is 24.6 Å². The Morgan fingerprint density at radius 1 is 1.50 bits per heavy atom. The van der Waals surface area contributed by atoms with Crippen molar-refractivity contribution in [2.24, 2.45) is 0 Å². The minimum Gasteiger partial charge on any atom is -0.480 e. The number of hydrogen-bond acceptors (Lipinski definition) is 3. The first kappa shape index (κ1) is 14.4. The molecule has 0 saturated heterocycles. The third-order valence-corrected chi connectivity index (χ3v) is 1.99. The second-order valence-electron chi connectivity index (χ2n) is 3.56. The van der Waals surface area contributed by atoms with Crippen LogP contribution in [0, 0.1) is 0 Å². The molecule has 0 aliphatic heterocycles. The average molecular weight is 230 g/mol. The Bertz CT molecular complexity index is 266. The monoisotopic (exact) mass is 230 g/mol. The van der Waals surface area contributed by atoms with Crippen LogP contribution in [-0.2, 0) is 4.79 Å². The van der Waals surface area contributed by atoms with E-state index in [9.17, 15) is 9.59 Å². The van der Waals surface area contributed by atoms with E-state index >= 15 is 0 Å². The predicted molar refractivity (Wildman–Crippen MR) is 59.1 cm³/mol. The molecule has 0 aliphatic rings. The van der Waals surface area contributed by atoms with Gasteiger partial charge in [-0.2, -0.15) is 0 Å². The Balaban J connectivity index is 4.50. The van der Waals surface area contributed by atoms with Crippen LogP contribution in [0.25, 0.3) is 0 Å². The van der Waals surface area contributed by atoms with E-state index in [1.54, 1.807) is 19.9 Å². The smallest absolute Gasteiger partial charge is 0.328 e. The maximum absolute atomic E-state index is 11.6. The molecule has 0 spiro atoms. The Hall–Kier alpha value is -1.56. The summed E-state index contributed by atoms with van der Waals surface area (Å²) in [6.07, 6.45) is 1.55. The minimum absolute atomic E-state index is 0.0777. The zero-order valence-corrected chi connectivity index (χ0v) is 9.51. The highest BCUT2D eigenvalue weighted by atomic mass is 16.4. The number of aliphatic hydroxyl groups is 1. The molecular formula is C10H18N2O4. The predicted octanol–water partition coefficient (Wildman–Crippen LogP) is 0.0379. The number of aliphatic carboxylic acids is 1. The molecule has 0 aromatic heterocycles. The van der Waals surface area contributed by atoms with Gasteiger partial charge in [-0.25, -0.2) is 9.59 Å². The summed E-state index contributed by atoms with van der Waals surface area (Å²) in [5.74, 6) is -1.27. The minimum atomic E-state index is -1.28. The number of hydrogen-bond donors (Lipinski definition) is 3. The van der Waals surface area contributed by atoms with E-state index in [0.29, 0.717) is 6.54 Å². The fraction of sp³-hybridized carbons (Fsp3) is 0.600. The summed E-state index contributed by atoms with van der Waals surface area (Å²) in [5, 5.41) is 19.6. The van der Waals surface area contributed by atoms with Crippen molar-refractivity contribution < 1.29 is 19.8 Å². The molecular weight excluding hydrogens is 212 g/mol. The SMILES string of the molecule is C=CCN(C(=O)NC(CO)C(=O)O)C(C)C. The van der Waals surface area contributed by atoms with E-state index in [0.717, 1.165) is 0 Å². The fourth-order valence-electron chi connectivity index (χ4n) is 1.08. The molecule has 1 atom stereocenters. The fourth-order valence-corrected chi connectivity index (χ4v) is 1.08. The summed E-state index contributed by atoms with van der Waals surface area (Å²) in [6, 6.07) is -1.89. The number of nitrogens with one attached hydrogen (secondary N) is 1. The zero-order chi connectivity index (χ0) is 12.7. The summed E-state index contributed by atoms with van der Waals surface area (Å²) >= 11 is 0. The summed E-state index contributed by atoms with van der Waals surface area (Å²) in [5.41, 5.74) is 0. The lowest BCUT2D eigenvalue weighted by atomic mass is 10.3. The second-order valence-corrected chi connectivity index (χ2v) is 3.56. The van der Waals surface area contributed by atoms with Crippen LogP contribution in [0.5, 0.6) is 0 Å². The number of carbonyl (C=O) groups excluding carboxylic acids is 1. The highest BCUT2D eigenvalue weighted by Crippen LogP contribution is 1.99. The first-order valence-electron chi connectivity index (χ1n) is 4.95. The Morgan fingerprint density at radius 2 is 2.06 bits per heavy atom. The van der Waals surface area contributed by atoms with Crippen molar-refractivity contribution >= 4 is 12.0 Å². The third kappa shape index (κ3) is 4.31. The van der Waals surface area contributed by atoms with Gasteiger partial charge in [0.15, 0.2) is 6.04 Å². The van der Waals surface area contributed by atoms with Crippen molar-refractivity contribution in [2.45, 2.75) is 25.9 Å². The first-order valence-corrected chi connectivity index (χ1v) is 4.95. The molecule has 0 bridgehead atoms. The van der Waals surface area contributed by atoms with Gasteiger partial charge in [0.2, 0.25) is 0 Å². The van der Waals surface area contributed by atoms with Gasteiger partial charge < -0.3 is 20.4 Å². The van der Waals surface area contributed by atoms with Crippen molar-refractivity contribution in [1.29, 1.82) is 0 Å². The lowest BCUT2D eigenvalue weighted by Crippen LogP contribution is -2.51. The van der Waals surface area contributed by atoms with Gasteiger partial charge in [0, 0.05) is 12.6 Å². The summed E-state index contributed by atoms with van der Waals surface area (Å²) in [7, 11) is 0. The summed E-state index contributed by atoms with van der Waals surface area (Å²) in [6.45, 7) is 6.80. The molecule has 3 N–H and O–H groups in total. The van der Waals surface area contributed by atoms with Gasteiger partial charge in [-0.15, -0.1) is 6.58 Å². The standard InChI is InChI=1S/C10H18N2O4/c1-4-5-12(7(2)3)10(16)11-8(6-13)9(14)15/h4,7-8,13H,1,5-6H2,2-3H3,(H,11,16)(H,14,15). The molecule has 0 aromatic carbocycles. The number of carbonyl (C=O) groups is 2. The number of carboxylic acid groups (broad SMARTS) is 1. The molecule has 0 aliphatic carbocycles. The van der Waals surface area contributed by atoms with Crippen molar-refractivity contribution in [1.82, 2.24) is 10.2 Å². The molecule has 0 rings (SSSR count). The molecule has 0 heterocycles. The number of aliphatic hydroxyl groups excluding tert-OH is 1. The maximum atomic E-state index is 11.6. The van der Waals surface area contributed by atoms with Crippen LogP contribution in [-0.4, -0.2) is 52.3 Å². The Kier molecular flexibility index (Phi) is 6.17. The van der Waals surface area contributed by atoms with Crippen LogP contribution in [0.4, 0.5) is 4.79 Å². The largest absolute Gasteiger partial charge is 0.480 e. The quantitative estimate of drug-likeness (QED) is 0.562. The highest BCUT2D eigenvalue weighted by Gasteiger charge is 2.23. The number of rotatable bonds is 6. The van der Waals surface area contributed by atoms with Crippen LogP contribution in [0.3, 0.4) is 0 Å². The third-order valence-electron chi connectivity index (χ3n) is 1.99. The van der Waals surface area contributed by atoms with E-state index in [2.05, 4.69) is 11.9 Å². The molecule has 6 heteroatoms. The van der Waals surface area contributed by atoms with Crippen molar-refractivity contribution in [3.8, 4) is 0 Å². The van der Waals surface area contributed by atoms with Crippen LogP contribution in [0.15, 0.2) is 12.7 Å². The number of carboxylic acids is 1. The second kappa shape index (κ2) is 6.84. The normalized spacial score (nSPS) is 12.0. The molecule has 6 nitrogen and oxygen atoms in total. The van der Waals surface area contributed by atoms with Gasteiger partial charge in [-0.1, -0.05) is 6.08 Å². The number of amides is 2. The van der Waals surface area contributed by atoms with Gasteiger partial charge in [-0.3, -0.25) is 0 Å². The molecule has 92 valence electrons. The summed E-state index contributed by atoms with van der Waals surface area (Å²) < 4.78 is 0. The first-order chi connectivity index (χ1) is 7.43. The summed E-state index contributed by atoms with van der Waals surface area (Å²) in [4.78, 5) is 23.7. The Labute approximate surface area is 94.6 Å². The lowest BCUT2D eigenvalue weighted by Gasteiger charge is -2.26. The van der Waals surface area contributed by atoms with Crippen molar-refractivity contribution in [3.05, 3.63) is 12.7 Å². The molecule has 1 unspecified atom stereocenters. The zero-order valence-electron chi connectivity index (χ0n) is 9.51. The highest BCUT2D eigenvalue weighted by molar-refractivity contribution is 5.82. The molecule has 0 fully saturated rings. The van der Waals surface area contributed by atoms with Crippen molar-refractivity contribution in [3.63, 3.8) is 0 Å². The molecule has 2 amide bonds. The van der Waals surface area contributed by atoms with Crippen molar-refractivity contribution in [2.75, 3.05) is 13.2 Å². The van der Waals surface area contributed by atoms with Crippen LogP contribution < -0.4 is 5.32 Å². The van der Waals surface area contributed by atoms with Gasteiger partial charge in [0.25, 0.3) is 0 Å². The van der Waals surface area contributed by atoms with Crippen LogP contribution >= 0.6 is 0 Å². The van der Waals surface area contributed by atoms with E-state index in [1.807, 2.05) is 0 Å². The maximum Gasteiger partial charge on any atom is 0.328 e. The molecule has 0 radical (unpaired) electrons. The number of urea groups is 1. The molecule has 0 saturated carbocycles.